The summed E-state index contributed by atoms with van der Waals surface area (Å²) >= 11 is 5.74. The van der Waals surface area contributed by atoms with E-state index in [-0.39, 0.29) is 5.91 Å². The first-order chi connectivity index (χ1) is 7.22. The topological polar surface area (TPSA) is 67.1 Å². The van der Waals surface area contributed by atoms with Crippen molar-refractivity contribution in [2.75, 3.05) is 11.9 Å². The number of hydrogen-bond donors (Lipinski definition) is 3. The SMILES string of the molecule is NNC(=O)CCCNc1ccc(Cl)cc1. The van der Waals surface area contributed by atoms with Gasteiger partial charge in [0.25, 0.3) is 0 Å². The Morgan fingerprint density at radius 1 is 1.33 bits per heavy atom. The summed E-state index contributed by atoms with van der Waals surface area (Å²) in [4.78, 5) is 10.8. The molecule has 1 aromatic rings. The molecule has 0 radical (unpaired) electrons. The number of carbonyl (C=O) groups excluding carboxylic acids is 1. The summed E-state index contributed by atoms with van der Waals surface area (Å²) in [7, 11) is 0. The Balaban J connectivity index is 2.20. The van der Waals surface area contributed by atoms with Crippen LogP contribution in [0.3, 0.4) is 0 Å². The van der Waals surface area contributed by atoms with E-state index in [0.717, 1.165) is 18.7 Å². The smallest absolute Gasteiger partial charge is 0.233 e. The lowest BCUT2D eigenvalue weighted by molar-refractivity contribution is -0.121. The van der Waals surface area contributed by atoms with E-state index in [4.69, 9.17) is 17.4 Å². The molecule has 4 N–H and O–H groups in total. The fraction of sp³-hybridized carbons (Fsp3) is 0.300. The van der Waals surface area contributed by atoms with Gasteiger partial charge in [0.05, 0.1) is 0 Å². The van der Waals surface area contributed by atoms with E-state index >= 15 is 0 Å². The van der Waals surface area contributed by atoms with Gasteiger partial charge >= 0.3 is 0 Å². The standard InChI is InChI=1S/C10H14ClN3O/c11-8-3-5-9(6-4-8)13-7-1-2-10(15)14-12/h3-6,13H,1-2,7,12H2,(H,14,15). The van der Waals surface area contributed by atoms with Crippen molar-refractivity contribution in [1.29, 1.82) is 0 Å². The number of benzene rings is 1. The van der Waals surface area contributed by atoms with Crippen LogP contribution in [0.5, 0.6) is 0 Å². The molecule has 0 bridgehead atoms. The third-order valence-electron chi connectivity index (χ3n) is 1.91. The molecule has 82 valence electrons. The van der Waals surface area contributed by atoms with Crippen molar-refractivity contribution in [2.24, 2.45) is 5.84 Å². The van der Waals surface area contributed by atoms with Crippen LogP contribution in [0.15, 0.2) is 24.3 Å². The van der Waals surface area contributed by atoms with Gasteiger partial charge in [0, 0.05) is 23.7 Å². The van der Waals surface area contributed by atoms with Gasteiger partial charge in [0.2, 0.25) is 5.91 Å². The van der Waals surface area contributed by atoms with Crippen molar-refractivity contribution in [1.82, 2.24) is 5.43 Å². The minimum Gasteiger partial charge on any atom is -0.385 e. The van der Waals surface area contributed by atoms with Crippen molar-refractivity contribution < 1.29 is 4.79 Å². The van der Waals surface area contributed by atoms with Gasteiger partial charge in [-0.15, -0.1) is 0 Å². The van der Waals surface area contributed by atoms with Crippen molar-refractivity contribution in [3.05, 3.63) is 29.3 Å². The number of nitrogens with two attached hydrogens (primary N) is 1. The van der Waals surface area contributed by atoms with E-state index in [1.54, 1.807) is 0 Å². The highest BCUT2D eigenvalue weighted by atomic mass is 35.5. The Bertz CT molecular complexity index is 313. The number of hydrazine groups is 1. The Kier molecular flexibility index (Phi) is 4.93. The van der Waals surface area contributed by atoms with Gasteiger partial charge < -0.3 is 5.32 Å². The molecule has 1 aromatic carbocycles. The van der Waals surface area contributed by atoms with Crippen LogP contribution in [0.4, 0.5) is 5.69 Å². The van der Waals surface area contributed by atoms with Crippen molar-refractivity contribution in [2.45, 2.75) is 12.8 Å². The highest BCUT2D eigenvalue weighted by Gasteiger charge is 1.97. The van der Waals surface area contributed by atoms with Crippen LogP contribution in [-0.2, 0) is 4.79 Å². The first-order valence-electron chi connectivity index (χ1n) is 4.71. The van der Waals surface area contributed by atoms with Gasteiger partial charge in [0.1, 0.15) is 0 Å². The molecule has 0 saturated heterocycles. The van der Waals surface area contributed by atoms with Crippen LogP contribution in [0.25, 0.3) is 0 Å². The van der Waals surface area contributed by atoms with Gasteiger partial charge in [-0.25, -0.2) is 5.84 Å². The van der Waals surface area contributed by atoms with Gasteiger partial charge in [-0.05, 0) is 30.7 Å². The molecule has 4 nitrogen and oxygen atoms in total. The van der Waals surface area contributed by atoms with E-state index in [1.165, 1.54) is 0 Å². The minimum absolute atomic E-state index is 0.145. The summed E-state index contributed by atoms with van der Waals surface area (Å²) in [5.74, 6) is 4.80. The number of rotatable bonds is 5. The molecule has 0 saturated carbocycles. The number of anilines is 1. The van der Waals surface area contributed by atoms with E-state index in [9.17, 15) is 4.79 Å². The average molecular weight is 228 g/mol. The van der Waals surface area contributed by atoms with Gasteiger partial charge in [-0.2, -0.15) is 0 Å². The molecule has 0 heterocycles. The quantitative estimate of drug-likeness (QED) is 0.309. The second-order valence-electron chi connectivity index (χ2n) is 3.10. The molecule has 0 fully saturated rings. The zero-order valence-electron chi connectivity index (χ0n) is 8.29. The Morgan fingerprint density at radius 2 is 2.00 bits per heavy atom. The number of nitrogens with one attached hydrogen (secondary N) is 2. The summed E-state index contributed by atoms with van der Waals surface area (Å²) in [6.45, 7) is 0.731. The normalized spacial score (nSPS) is 9.73. The number of hydrogen-bond acceptors (Lipinski definition) is 3. The number of halogens is 1. The van der Waals surface area contributed by atoms with Gasteiger partial charge in [0.15, 0.2) is 0 Å². The second kappa shape index (κ2) is 6.27. The first kappa shape index (κ1) is 11.8. The number of amides is 1. The predicted octanol–water partition coefficient (Wildman–Crippen LogP) is 1.52. The van der Waals surface area contributed by atoms with Crippen LogP contribution < -0.4 is 16.6 Å². The van der Waals surface area contributed by atoms with Gasteiger partial charge in [-0.3, -0.25) is 10.2 Å². The maximum atomic E-state index is 10.8. The van der Waals surface area contributed by atoms with Crippen molar-refractivity contribution >= 4 is 23.2 Å². The third-order valence-corrected chi connectivity index (χ3v) is 2.17. The number of carbonyl (C=O) groups is 1. The molecule has 1 rings (SSSR count). The monoisotopic (exact) mass is 227 g/mol. The van der Waals surface area contributed by atoms with Crippen LogP contribution in [0.1, 0.15) is 12.8 Å². The maximum Gasteiger partial charge on any atom is 0.233 e. The average Bonchev–Trinajstić information content (AvgIpc) is 2.26. The van der Waals surface area contributed by atoms with Crippen molar-refractivity contribution in [3.8, 4) is 0 Å². The van der Waals surface area contributed by atoms with E-state index in [0.29, 0.717) is 11.4 Å². The molecule has 0 spiro atoms. The molecule has 0 atom stereocenters. The van der Waals surface area contributed by atoms with Gasteiger partial charge in [-0.1, -0.05) is 11.6 Å². The molecule has 0 aliphatic rings. The lowest BCUT2D eigenvalue weighted by Crippen LogP contribution is -2.30. The van der Waals surface area contributed by atoms with Crippen LogP contribution in [0, 0.1) is 0 Å². The minimum atomic E-state index is -0.145. The molecular formula is C10H14ClN3O. The van der Waals surface area contributed by atoms with E-state index in [1.807, 2.05) is 24.3 Å². The summed E-state index contributed by atoms with van der Waals surface area (Å²) in [5, 5.41) is 3.88. The largest absolute Gasteiger partial charge is 0.385 e. The zero-order chi connectivity index (χ0) is 11.1. The van der Waals surface area contributed by atoms with E-state index < -0.39 is 0 Å². The Morgan fingerprint density at radius 3 is 2.60 bits per heavy atom. The molecule has 5 heteroatoms. The highest BCUT2D eigenvalue weighted by Crippen LogP contribution is 2.13. The lowest BCUT2D eigenvalue weighted by Gasteiger charge is -2.05. The summed E-state index contributed by atoms with van der Waals surface area (Å²) < 4.78 is 0. The molecule has 15 heavy (non-hydrogen) atoms. The van der Waals surface area contributed by atoms with Crippen molar-refractivity contribution in [3.63, 3.8) is 0 Å². The van der Waals surface area contributed by atoms with Crippen LogP contribution in [-0.4, -0.2) is 12.5 Å². The Labute approximate surface area is 93.8 Å². The zero-order valence-corrected chi connectivity index (χ0v) is 9.05. The summed E-state index contributed by atoms with van der Waals surface area (Å²) in [5.41, 5.74) is 3.08. The molecular weight excluding hydrogens is 214 g/mol. The molecule has 0 aliphatic carbocycles. The third kappa shape index (κ3) is 4.67. The summed E-state index contributed by atoms with van der Waals surface area (Å²) in [6, 6.07) is 7.42. The fourth-order valence-corrected chi connectivity index (χ4v) is 1.25. The van der Waals surface area contributed by atoms with E-state index in [2.05, 4.69) is 10.7 Å². The lowest BCUT2D eigenvalue weighted by atomic mass is 10.2. The Hall–Kier alpha value is -1.26. The molecule has 0 aliphatic heterocycles. The first-order valence-corrected chi connectivity index (χ1v) is 5.09. The molecule has 0 unspecified atom stereocenters. The summed E-state index contributed by atoms with van der Waals surface area (Å²) in [6.07, 6.45) is 1.17. The maximum absolute atomic E-state index is 10.8. The van der Waals surface area contributed by atoms with Crippen LogP contribution >= 0.6 is 11.6 Å². The molecule has 1 amide bonds. The predicted molar refractivity (Wildman–Crippen MR) is 61.5 cm³/mol. The fourth-order valence-electron chi connectivity index (χ4n) is 1.12. The molecule has 0 aromatic heterocycles. The second-order valence-corrected chi connectivity index (χ2v) is 3.54. The van der Waals surface area contributed by atoms with Crippen LogP contribution in [0.2, 0.25) is 5.02 Å². The highest BCUT2D eigenvalue weighted by molar-refractivity contribution is 6.30.